The van der Waals surface area contributed by atoms with Gasteiger partial charge in [-0.3, -0.25) is 9.80 Å². The number of hydrogen-bond acceptors (Lipinski definition) is 6. The highest BCUT2D eigenvalue weighted by molar-refractivity contribution is 5.71. The van der Waals surface area contributed by atoms with E-state index < -0.39 is 0 Å². The number of carbonyl (C=O) groups excluding carboxylic acids is 1. The van der Waals surface area contributed by atoms with Gasteiger partial charge in [-0.05, 0) is 54.3 Å². The number of nitrogens with zero attached hydrogens (tertiary/aromatic N) is 3. The summed E-state index contributed by atoms with van der Waals surface area (Å²) in [5.74, 6) is 0.596. The smallest absolute Gasteiger partial charge is 0.410 e. The molecule has 1 amide bonds. The van der Waals surface area contributed by atoms with Crippen molar-refractivity contribution in [2.75, 3.05) is 57.9 Å². The summed E-state index contributed by atoms with van der Waals surface area (Å²) >= 11 is 0. The van der Waals surface area contributed by atoms with Gasteiger partial charge >= 0.3 is 6.09 Å². The van der Waals surface area contributed by atoms with Crippen LogP contribution in [0.5, 0.6) is 5.75 Å². The average molecular weight is 437 g/mol. The molecule has 3 aliphatic heterocycles. The minimum Gasteiger partial charge on any atom is -0.410 e. The number of amides is 1. The molecule has 2 aromatic carbocycles. The Morgan fingerprint density at radius 3 is 2.84 bits per heavy atom. The van der Waals surface area contributed by atoms with Crippen LogP contribution in [-0.4, -0.2) is 68.9 Å². The normalized spacial score (nSPS) is 20.8. The van der Waals surface area contributed by atoms with Crippen molar-refractivity contribution in [2.45, 2.75) is 25.6 Å². The molecule has 0 saturated carbocycles. The van der Waals surface area contributed by atoms with Crippen molar-refractivity contribution in [3.63, 3.8) is 0 Å². The Morgan fingerprint density at radius 1 is 1.12 bits per heavy atom. The standard InChI is InChI=1S/C25H32N4O3/c1-27-23-8-7-21(32-25(30)26-10-4-11-28-13-15-31-16-14-28)17-20(23)18-29-12-9-19-5-2-3-6-22(19)24(27)29/h2-3,5-8,17,24H,4,9-16,18H2,1H3,(H,26,30). The summed E-state index contributed by atoms with van der Waals surface area (Å²) in [5, 5.41) is 2.88. The quantitative estimate of drug-likeness (QED) is 0.728. The Kier molecular flexibility index (Phi) is 6.30. The molecule has 3 aliphatic rings. The molecule has 2 aromatic rings. The maximum atomic E-state index is 12.3. The zero-order chi connectivity index (χ0) is 21.9. The van der Waals surface area contributed by atoms with Gasteiger partial charge in [-0.1, -0.05) is 24.3 Å². The van der Waals surface area contributed by atoms with Crippen LogP contribution in [-0.2, 0) is 17.7 Å². The summed E-state index contributed by atoms with van der Waals surface area (Å²) in [7, 11) is 2.15. The van der Waals surface area contributed by atoms with Gasteiger partial charge < -0.3 is 19.7 Å². The third-order valence-electron chi connectivity index (χ3n) is 6.75. The van der Waals surface area contributed by atoms with E-state index in [9.17, 15) is 4.79 Å². The predicted molar refractivity (Wildman–Crippen MR) is 124 cm³/mol. The molecule has 1 N–H and O–H groups in total. The summed E-state index contributed by atoms with van der Waals surface area (Å²) in [6.45, 7) is 7.00. The topological polar surface area (TPSA) is 57.3 Å². The zero-order valence-electron chi connectivity index (χ0n) is 18.8. The third kappa shape index (κ3) is 4.46. The molecule has 170 valence electrons. The van der Waals surface area contributed by atoms with Crippen molar-refractivity contribution < 1.29 is 14.3 Å². The first kappa shape index (κ1) is 21.2. The van der Waals surface area contributed by atoms with E-state index in [4.69, 9.17) is 9.47 Å². The van der Waals surface area contributed by atoms with Crippen LogP contribution in [0, 0.1) is 0 Å². The van der Waals surface area contributed by atoms with Gasteiger partial charge in [-0.2, -0.15) is 0 Å². The maximum absolute atomic E-state index is 12.3. The lowest BCUT2D eigenvalue weighted by atomic mass is 9.93. The molecule has 0 bridgehead atoms. The van der Waals surface area contributed by atoms with E-state index >= 15 is 0 Å². The summed E-state index contributed by atoms with van der Waals surface area (Å²) in [6, 6.07) is 14.7. The van der Waals surface area contributed by atoms with E-state index in [0.717, 1.165) is 58.8 Å². The van der Waals surface area contributed by atoms with Crippen LogP contribution in [0.15, 0.2) is 42.5 Å². The van der Waals surface area contributed by atoms with E-state index in [1.165, 1.54) is 22.4 Å². The van der Waals surface area contributed by atoms with Gasteiger partial charge in [-0.15, -0.1) is 0 Å². The molecule has 0 spiro atoms. The monoisotopic (exact) mass is 436 g/mol. The van der Waals surface area contributed by atoms with Crippen LogP contribution >= 0.6 is 0 Å². The third-order valence-corrected chi connectivity index (χ3v) is 6.75. The molecule has 5 rings (SSSR count). The van der Waals surface area contributed by atoms with Gasteiger partial charge in [0.15, 0.2) is 0 Å². The zero-order valence-corrected chi connectivity index (χ0v) is 18.8. The Hall–Kier alpha value is -2.61. The Labute approximate surface area is 189 Å². The molecule has 0 aliphatic carbocycles. The first-order valence-electron chi connectivity index (χ1n) is 11.6. The van der Waals surface area contributed by atoms with Crippen molar-refractivity contribution in [1.82, 2.24) is 15.1 Å². The maximum Gasteiger partial charge on any atom is 0.412 e. The molecule has 3 heterocycles. The number of benzene rings is 2. The van der Waals surface area contributed by atoms with E-state index in [2.05, 4.69) is 57.4 Å². The first-order chi connectivity index (χ1) is 15.7. The van der Waals surface area contributed by atoms with Crippen LogP contribution in [0.1, 0.15) is 29.3 Å². The minimum absolute atomic E-state index is 0.258. The van der Waals surface area contributed by atoms with E-state index in [-0.39, 0.29) is 12.3 Å². The Balaban J connectivity index is 1.18. The van der Waals surface area contributed by atoms with Crippen LogP contribution in [0.2, 0.25) is 0 Å². The lowest BCUT2D eigenvalue weighted by molar-refractivity contribution is 0.0375. The van der Waals surface area contributed by atoms with Gasteiger partial charge in [-0.25, -0.2) is 4.79 Å². The number of ether oxygens (including phenoxy) is 2. The number of hydrogen-bond donors (Lipinski definition) is 1. The van der Waals surface area contributed by atoms with Crippen molar-refractivity contribution >= 4 is 11.8 Å². The fraction of sp³-hybridized carbons (Fsp3) is 0.480. The van der Waals surface area contributed by atoms with Gasteiger partial charge in [0.25, 0.3) is 0 Å². The molecule has 7 nitrogen and oxygen atoms in total. The fourth-order valence-corrected chi connectivity index (χ4v) is 5.12. The number of carbonyl (C=O) groups is 1. The van der Waals surface area contributed by atoms with Crippen molar-refractivity contribution in [3.8, 4) is 5.75 Å². The number of rotatable bonds is 5. The average Bonchev–Trinajstić information content (AvgIpc) is 2.82. The summed E-state index contributed by atoms with van der Waals surface area (Å²) in [4.78, 5) is 19.5. The summed E-state index contributed by atoms with van der Waals surface area (Å²) in [6.07, 6.45) is 1.84. The highest BCUT2D eigenvalue weighted by Gasteiger charge is 2.35. The molecule has 1 unspecified atom stereocenters. The van der Waals surface area contributed by atoms with E-state index in [0.29, 0.717) is 12.3 Å². The van der Waals surface area contributed by atoms with Gasteiger partial charge in [0.05, 0.1) is 13.2 Å². The summed E-state index contributed by atoms with van der Waals surface area (Å²) < 4.78 is 10.9. The van der Waals surface area contributed by atoms with Crippen LogP contribution in [0.3, 0.4) is 0 Å². The highest BCUT2D eigenvalue weighted by atomic mass is 16.6. The van der Waals surface area contributed by atoms with Crippen LogP contribution in [0.25, 0.3) is 0 Å². The van der Waals surface area contributed by atoms with Crippen molar-refractivity contribution in [2.24, 2.45) is 0 Å². The van der Waals surface area contributed by atoms with Crippen molar-refractivity contribution in [3.05, 3.63) is 59.2 Å². The molecule has 0 radical (unpaired) electrons. The Bertz CT molecular complexity index is 960. The molecule has 1 atom stereocenters. The largest absolute Gasteiger partial charge is 0.412 e. The SMILES string of the molecule is CN1c2ccc(OC(=O)NCCCN3CCOCC3)cc2CN2CCc3ccccc3C21. The van der Waals surface area contributed by atoms with E-state index in [1.54, 1.807) is 0 Å². The van der Waals surface area contributed by atoms with Crippen LogP contribution in [0.4, 0.5) is 10.5 Å². The summed E-state index contributed by atoms with van der Waals surface area (Å²) in [5.41, 5.74) is 5.22. The number of anilines is 1. The Morgan fingerprint density at radius 2 is 1.97 bits per heavy atom. The molecule has 32 heavy (non-hydrogen) atoms. The van der Waals surface area contributed by atoms with Gasteiger partial charge in [0.1, 0.15) is 11.9 Å². The second-order valence-corrected chi connectivity index (χ2v) is 8.82. The first-order valence-corrected chi connectivity index (χ1v) is 11.6. The molecule has 0 aromatic heterocycles. The fourth-order valence-electron chi connectivity index (χ4n) is 5.12. The van der Waals surface area contributed by atoms with Gasteiger partial charge in [0, 0.05) is 45.5 Å². The molecule has 1 saturated heterocycles. The second kappa shape index (κ2) is 9.48. The molecule has 7 heteroatoms. The lowest BCUT2D eigenvalue weighted by Gasteiger charge is -2.47. The second-order valence-electron chi connectivity index (χ2n) is 8.82. The van der Waals surface area contributed by atoms with Crippen molar-refractivity contribution in [1.29, 1.82) is 0 Å². The van der Waals surface area contributed by atoms with E-state index in [1.807, 2.05) is 12.1 Å². The lowest BCUT2D eigenvalue weighted by Crippen LogP contribution is -2.47. The van der Waals surface area contributed by atoms with Gasteiger partial charge in [0.2, 0.25) is 0 Å². The molecule has 1 fully saturated rings. The van der Waals surface area contributed by atoms with Crippen LogP contribution < -0.4 is 15.0 Å². The number of nitrogens with one attached hydrogen (secondary N) is 1. The highest BCUT2D eigenvalue weighted by Crippen LogP contribution is 2.42. The number of morpholine rings is 1. The predicted octanol–water partition coefficient (Wildman–Crippen LogP) is 3.00. The molecular weight excluding hydrogens is 404 g/mol. The minimum atomic E-state index is -0.388. The molecular formula is C25H32N4O3. The number of fused-ring (bicyclic) bond motifs is 4.